The zero-order valence-corrected chi connectivity index (χ0v) is 21.9. The van der Waals surface area contributed by atoms with E-state index in [1.54, 1.807) is 6.26 Å². The SMILES string of the molecule is CCCCN(CCCC)c1ccc(C2CC(C=Cc3ccco3)=NN2c2ccc3ccccc3n2)cc1. The minimum atomic E-state index is 0.0821. The van der Waals surface area contributed by atoms with Crippen LogP contribution in [0.3, 0.4) is 0 Å². The smallest absolute Gasteiger partial charge is 0.150 e. The molecule has 2 aromatic carbocycles. The van der Waals surface area contributed by atoms with E-state index in [2.05, 4.69) is 78.4 Å². The predicted molar refractivity (Wildman–Crippen MR) is 155 cm³/mol. The van der Waals surface area contributed by atoms with Crippen molar-refractivity contribution in [2.75, 3.05) is 23.0 Å². The number of hydrazone groups is 1. The Morgan fingerprint density at radius 3 is 2.41 bits per heavy atom. The van der Waals surface area contributed by atoms with Gasteiger partial charge in [-0.3, -0.25) is 0 Å². The second-order valence-corrected chi connectivity index (χ2v) is 9.65. The van der Waals surface area contributed by atoms with E-state index in [4.69, 9.17) is 14.5 Å². The van der Waals surface area contributed by atoms with Crippen LogP contribution in [0.5, 0.6) is 0 Å². The summed E-state index contributed by atoms with van der Waals surface area (Å²) >= 11 is 0. The van der Waals surface area contributed by atoms with Gasteiger partial charge >= 0.3 is 0 Å². The lowest BCUT2D eigenvalue weighted by molar-refractivity contribution is 0.557. The number of aromatic nitrogens is 1. The van der Waals surface area contributed by atoms with Gasteiger partial charge in [-0.1, -0.05) is 57.0 Å². The van der Waals surface area contributed by atoms with Gasteiger partial charge in [0.1, 0.15) is 11.6 Å². The minimum absolute atomic E-state index is 0.0821. The summed E-state index contributed by atoms with van der Waals surface area (Å²) in [6.07, 6.45) is 11.4. The first-order chi connectivity index (χ1) is 18.2. The maximum absolute atomic E-state index is 5.48. The van der Waals surface area contributed by atoms with Crippen LogP contribution in [-0.4, -0.2) is 23.8 Å². The third-order valence-electron chi connectivity index (χ3n) is 6.94. The van der Waals surface area contributed by atoms with E-state index >= 15 is 0 Å². The Bertz CT molecular complexity index is 1330. The summed E-state index contributed by atoms with van der Waals surface area (Å²) in [5.74, 6) is 1.69. The quantitative estimate of drug-likeness (QED) is 0.211. The molecule has 5 heteroatoms. The number of benzene rings is 2. The molecule has 0 bridgehead atoms. The minimum Gasteiger partial charge on any atom is -0.465 e. The van der Waals surface area contributed by atoms with E-state index in [1.807, 2.05) is 30.3 Å². The molecule has 2 aromatic heterocycles. The lowest BCUT2D eigenvalue weighted by Gasteiger charge is -2.26. The predicted octanol–water partition coefficient (Wildman–Crippen LogP) is 8.26. The number of hydrogen-bond donors (Lipinski definition) is 0. The molecule has 0 spiro atoms. The van der Waals surface area contributed by atoms with Crippen LogP contribution in [0, 0.1) is 0 Å². The van der Waals surface area contributed by atoms with Gasteiger partial charge in [0.05, 0.1) is 23.5 Å². The largest absolute Gasteiger partial charge is 0.465 e. The van der Waals surface area contributed by atoms with Gasteiger partial charge in [-0.2, -0.15) is 5.10 Å². The Kier molecular flexibility index (Phi) is 7.99. The molecule has 1 aliphatic rings. The highest BCUT2D eigenvalue weighted by molar-refractivity contribution is 6.01. The van der Waals surface area contributed by atoms with Crippen LogP contribution in [0.2, 0.25) is 0 Å². The van der Waals surface area contributed by atoms with Crippen molar-refractivity contribution in [2.45, 2.75) is 52.0 Å². The van der Waals surface area contributed by atoms with E-state index in [1.165, 1.54) is 36.9 Å². The van der Waals surface area contributed by atoms with Gasteiger partial charge < -0.3 is 9.32 Å². The number of hydrogen-bond acceptors (Lipinski definition) is 5. The Morgan fingerprint density at radius 2 is 1.68 bits per heavy atom. The fraction of sp³-hybridized carbons (Fsp3) is 0.312. The van der Waals surface area contributed by atoms with Crippen LogP contribution >= 0.6 is 0 Å². The molecule has 1 unspecified atom stereocenters. The van der Waals surface area contributed by atoms with E-state index in [9.17, 15) is 0 Å². The number of nitrogens with zero attached hydrogens (tertiary/aromatic N) is 4. The van der Waals surface area contributed by atoms with Crippen LogP contribution in [0.4, 0.5) is 11.5 Å². The Hall–Kier alpha value is -3.86. The normalized spacial score (nSPS) is 15.6. The van der Waals surface area contributed by atoms with Crippen LogP contribution in [0.1, 0.15) is 63.3 Å². The van der Waals surface area contributed by atoms with E-state index in [-0.39, 0.29) is 6.04 Å². The summed E-state index contributed by atoms with van der Waals surface area (Å²) < 4.78 is 5.48. The molecule has 5 nitrogen and oxygen atoms in total. The number of unbranched alkanes of at least 4 members (excludes halogenated alkanes) is 2. The highest BCUT2D eigenvalue weighted by atomic mass is 16.3. The van der Waals surface area contributed by atoms with Gasteiger partial charge in [0.15, 0.2) is 0 Å². The molecule has 4 aromatic rings. The molecular weight excluding hydrogens is 456 g/mol. The number of allylic oxidation sites excluding steroid dienone is 1. The summed E-state index contributed by atoms with van der Waals surface area (Å²) in [6.45, 7) is 6.73. The maximum atomic E-state index is 5.48. The zero-order chi connectivity index (χ0) is 25.5. The fourth-order valence-corrected chi connectivity index (χ4v) is 4.83. The molecule has 0 fully saturated rings. The molecule has 3 heterocycles. The summed E-state index contributed by atoms with van der Waals surface area (Å²) in [7, 11) is 0. The van der Waals surface area contributed by atoms with Crippen LogP contribution < -0.4 is 9.91 Å². The van der Waals surface area contributed by atoms with Gasteiger partial charge in [-0.15, -0.1) is 0 Å². The monoisotopic (exact) mass is 492 g/mol. The number of para-hydroxylation sites is 1. The Morgan fingerprint density at radius 1 is 0.892 bits per heavy atom. The molecule has 0 saturated carbocycles. The highest BCUT2D eigenvalue weighted by Gasteiger charge is 2.29. The van der Waals surface area contributed by atoms with Gasteiger partial charge in [-0.25, -0.2) is 9.99 Å². The fourth-order valence-electron chi connectivity index (χ4n) is 4.83. The van der Waals surface area contributed by atoms with Crippen molar-refractivity contribution in [3.63, 3.8) is 0 Å². The van der Waals surface area contributed by atoms with Gasteiger partial charge in [0, 0.05) is 30.6 Å². The van der Waals surface area contributed by atoms with Gasteiger partial charge in [0.25, 0.3) is 0 Å². The summed E-state index contributed by atoms with van der Waals surface area (Å²) in [4.78, 5) is 7.49. The number of fused-ring (bicyclic) bond motifs is 1. The van der Waals surface area contributed by atoms with Crippen molar-refractivity contribution >= 4 is 34.2 Å². The average Bonchev–Trinajstić information content (AvgIpc) is 3.62. The first-order valence-electron chi connectivity index (χ1n) is 13.5. The first-order valence-corrected chi connectivity index (χ1v) is 13.5. The molecule has 5 rings (SSSR count). The van der Waals surface area contributed by atoms with Crippen molar-refractivity contribution in [3.8, 4) is 0 Å². The third-order valence-corrected chi connectivity index (χ3v) is 6.94. The molecule has 37 heavy (non-hydrogen) atoms. The number of rotatable bonds is 11. The van der Waals surface area contributed by atoms with Crippen molar-refractivity contribution in [1.29, 1.82) is 0 Å². The second-order valence-electron chi connectivity index (χ2n) is 9.65. The molecule has 0 aliphatic carbocycles. The topological polar surface area (TPSA) is 44.9 Å². The van der Waals surface area contributed by atoms with Crippen molar-refractivity contribution < 1.29 is 4.42 Å². The molecular formula is C32H36N4O. The first kappa shape index (κ1) is 24.8. The molecule has 0 N–H and O–H groups in total. The third kappa shape index (κ3) is 5.93. The average molecular weight is 493 g/mol. The number of anilines is 2. The van der Waals surface area contributed by atoms with E-state index < -0.39 is 0 Å². The van der Waals surface area contributed by atoms with Gasteiger partial charge in [-0.05, 0) is 73.0 Å². The lowest BCUT2D eigenvalue weighted by Crippen LogP contribution is -2.25. The Labute approximate surface area is 220 Å². The van der Waals surface area contributed by atoms with Crippen LogP contribution in [0.25, 0.3) is 17.0 Å². The summed E-state index contributed by atoms with van der Waals surface area (Å²) in [5.41, 5.74) is 4.53. The lowest BCUT2D eigenvalue weighted by atomic mass is 10.0. The van der Waals surface area contributed by atoms with Crippen molar-refractivity contribution in [2.24, 2.45) is 5.10 Å². The number of furan rings is 1. The standard InChI is InChI=1S/C32H36N4O/c1-3-5-21-35(22-6-4-2)28-17-13-26(14-18-28)31-24-27(16-19-29-11-9-23-37-29)34-36(31)32-20-15-25-10-7-8-12-30(25)33-32/h7-20,23,31H,3-6,21-22,24H2,1-2H3. The molecule has 1 aliphatic heterocycles. The van der Waals surface area contributed by atoms with Crippen LogP contribution in [0.15, 0.2) is 94.7 Å². The Balaban J connectivity index is 1.43. The molecule has 0 amide bonds. The van der Waals surface area contributed by atoms with Crippen molar-refractivity contribution in [3.05, 3.63) is 96.5 Å². The van der Waals surface area contributed by atoms with E-state index in [0.717, 1.165) is 47.7 Å². The molecule has 0 saturated heterocycles. The summed E-state index contributed by atoms with van der Waals surface area (Å²) in [5, 5.41) is 8.22. The van der Waals surface area contributed by atoms with Crippen LogP contribution in [-0.2, 0) is 0 Å². The van der Waals surface area contributed by atoms with E-state index in [0.29, 0.717) is 0 Å². The molecule has 190 valence electrons. The molecule has 0 radical (unpaired) electrons. The van der Waals surface area contributed by atoms with Crippen molar-refractivity contribution in [1.82, 2.24) is 4.98 Å². The highest BCUT2D eigenvalue weighted by Crippen LogP contribution is 2.36. The van der Waals surface area contributed by atoms with Gasteiger partial charge in [0.2, 0.25) is 0 Å². The maximum Gasteiger partial charge on any atom is 0.150 e. The molecule has 1 atom stereocenters. The second kappa shape index (κ2) is 11.9. The zero-order valence-electron chi connectivity index (χ0n) is 21.9. The number of pyridine rings is 1. The summed E-state index contributed by atoms with van der Waals surface area (Å²) in [6, 6.07) is 25.5.